The number of carboxylic acid groups (broad SMARTS) is 1. The predicted molar refractivity (Wildman–Crippen MR) is 130 cm³/mol. The fraction of sp³-hybridized carbons (Fsp3) is 0.154. The first-order chi connectivity index (χ1) is 17.0. The molecule has 36 heavy (non-hydrogen) atoms. The normalized spacial score (nSPS) is 11.3. The minimum absolute atomic E-state index is 0. The van der Waals surface area contributed by atoms with Crippen LogP contribution in [0.25, 0.3) is 16.6 Å². The number of hydrogen-bond acceptors (Lipinski definition) is 9. The third kappa shape index (κ3) is 5.60. The Morgan fingerprint density at radius 3 is 2.06 bits per heavy atom. The number of carbonyl (C=O) groups is 2. The van der Waals surface area contributed by atoms with Gasteiger partial charge in [0.25, 0.3) is 0 Å². The van der Waals surface area contributed by atoms with Gasteiger partial charge >= 0.3 is 29.6 Å². The molecule has 0 amide bonds. The Balaban J connectivity index is 0.00000361. The van der Waals surface area contributed by atoms with Crippen molar-refractivity contribution in [1.29, 1.82) is 0 Å². The van der Waals surface area contributed by atoms with Crippen molar-refractivity contribution in [2.24, 2.45) is 0 Å². The maximum absolute atomic E-state index is 13.7. The molecule has 1 aromatic heterocycles. The molecule has 4 aromatic rings. The number of carbonyl (C=O) groups excluding carboxylic acids is 2. The van der Waals surface area contributed by atoms with E-state index in [4.69, 9.17) is 14.2 Å². The molecule has 4 rings (SSSR count). The number of aromatic nitrogens is 2. The van der Waals surface area contributed by atoms with E-state index in [1.54, 1.807) is 60.7 Å². The van der Waals surface area contributed by atoms with Crippen molar-refractivity contribution in [3.8, 4) is 17.2 Å². The topological polar surface area (TPSA) is 111 Å². The number of carboxylic acids is 1. The Bertz CT molecular complexity index is 1410. The molecule has 0 bridgehead atoms. The predicted octanol–water partition coefficient (Wildman–Crippen LogP) is 0.350. The van der Waals surface area contributed by atoms with Gasteiger partial charge in [-0.1, -0.05) is 36.4 Å². The molecule has 1 heterocycles. The average Bonchev–Trinajstić information content (AvgIpc) is 3.35. The smallest absolute Gasteiger partial charge is 0.545 e. The summed E-state index contributed by atoms with van der Waals surface area (Å²) in [4.78, 5) is 26.1. The van der Waals surface area contributed by atoms with Crippen LogP contribution in [0.4, 0.5) is 0 Å². The first kappa shape index (κ1) is 27.3. The molecular weight excluding hydrogens is 491 g/mol. The van der Waals surface area contributed by atoms with Crippen LogP contribution in [0.2, 0.25) is 0 Å². The minimum atomic E-state index is -1.47. The molecule has 10 heteroatoms. The van der Waals surface area contributed by atoms with Crippen LogP contribution in [-0.4, -0.2) is 41.8 Å². The van der Waals surface area contributed by atoms with Crippen molar-refractivity contribution in [2.45, 2.75) is 6.42 Å². The maximum Gasteiger partial charge on any atom is 1.00 e. The van der Waals surface area contributed by atoms with Gasteiger partial charge in [-0.15, -0.1) is 0 Å². The number of ketones is 1. The summed E-state index contributed by atoms with van der Waals surface area (Å²) in [5.41, 5.74) is 2.24. The van der Waals surface area contributed by atoms with E-state index < -0.39 is 11.8 Å². The molecule has 0 aliphatic carbocycles. The largest absolute Gasteiger partial charge is 1.00 e. The average molecular weight is 513 g/mol. The second-order valence-corrected chi connectivity index (χ2v) is 8.04. The molecule has 178 valence electrons. The Hall–Kier alpha value is -3.24. The first-order valence-corrected chi connectivity index (χ1v) is 11.3. The van der Waals surface area contributed by atoms with E-state index in [0.29, 0.717) is 45.0 Å². The van der Waals surface area contributed by atoms with Crippen LogP contribution in [0.3, 0.4) is 0 Å². The van der Waals surface area contributed by atoms with Gasteiger partial charge in [-0.05, 0) is 35.4 Å². The standard InChI is InChI=1S/C26H22N2O6S.Na/c1-32-21-12-15(13-22(33-2)25(21)34-3)11-18(24(29)16-7-5-4-6-8-16)23(26(30)31)17-9-10-19-20(14-17)28-35-27-19;/h4-10,12-14H,11H2,1-3H3,(H,30,31);/q;+1/p-1. The summed E-state index contributed by atoms with van der Waals surface area (Å²) in [5.74, 6) is -0.744. The van der Waals surface area contributed by atoms with Crippen molar-refractivity contribution in [1.82, 2.24) is 8.75 Å². The van der Waals surface area contributed by atoms with Gasteiger partial charge in [0.15, 0.2) is 17.3 Å². The molecule has 0 aliphatic heterocycles. The Morgan fingerprint density at radius 2 is 1.47 bits per heavy atom. The Labute approximate surface area is 234 Å². The fourth-order valence-electron chi connectivity index (χ4n) is 3.84. The van der Waals surface area contributed by atoms with Gasteiger partial charge in [-0.25, -0.2) is 0 Å². The zero-order valence-electron chi connectivity index (χ0n) is 20.2. The summed E-state index contributed by atoms with van der Waals surface area (Å²) in [6.45, 7) is 0. The van der Waals surface area contributed by atoms with Crippen LogP contribution < -0.4 is 48.9 Å². The number of Topliss-reactive ketones (excluding diaryl/α,β-unsaturated/α-hetero) is 1. The van der Waals surface area contributed by atoms with Crippen molar-refractivity contribution in [3.05, 3.63) is 82.9 Å². The number of benzene rings is 3. The molecule has 0 aliphatic rings. The zero-order chi connectivity index (χ0) is 24.9. The maximum atomic E-state index is 13.7. The molecule has 0 saturated carbocycles. The molecule has 0 N–H and O–H groups in total. The molecule has 0 saturated heterocycles. The van der Waals surface area contributed by atoms with Crippen molar-refractivity contribution in [3.63, 3.8) is 0 Å². The molecule has 0 radical (unpaired) electrons. The van der Waals surface area contributed by atoms with E-state index in [1.165, 1.54) is 21.3 Å². The van der Waals surface area contributed by atoms with Gasteiger partial charge in [-0.2, -0.15) is 8.75 Å². The van der Waals surface area contributed by atoms with Gasteiger partial charge in [0, 0.05) is 23.1 Å². The second-order valence-electron chi connectivity index (χ2n) is 7.51. The number of ether oxygens (including phenoxy) is 3. The number of rotatable bonds is 9. The van der Waals surface area contributed by atoms with Crippen molar-refractivity contribution in [2.75, 3.05) is 21.3 Å². The number of aliphatic carboxylic acids is 1. The second kappa shape index (κ2) is 12.1. The third-order valence-corrected chi connectivity index (χ3v) is 6.02. The van der Waals surface area contributed by atoms with E-state index in [1.807, 2.05) is 0 Å². The number of allylic oxidation sites excluding steroid dienone is 1. The fourth-order valence-corrected chi connectivity index (χ4v) is 4.36. The number of hydrogen-bond donors (Lipinski definition) is 0. The van der Waals surface area contributed by atoms with E-state index >= 15 is 0 Å². The zero-order valence-corrected chi connectivity index (χ0v) is 23.0. The van der Waals surface area contributed by atoms with E-state index in [-0.39, 0.29) is 47.1 Å². The Kier molecular flexibility index (Phi) is 9.22. The van der Waals surface area contributed by atoms with Gasteiger partial charge in [0.05, 0.1) is 39.0 Å². The minimum Gasteiger partial charge on any atom is -0.545 e. The third-order valence-electron chi connectivity index (χ3n) is 5.46. The summed E-state index contributed by atoms with van der Waals surface area (Å²) in [6.07, 6.45) is -0.0267. The van der Waals surface area contributed by atoms with E-state index in [2.05, 4.69) is 8.75 Å². The summed E-state index contributed by atoms with van der Waals surface area (Å²) >= 11 is 1.02. The summed E-state index contributed by atoms with van der Waals surface area (Å²) in [6, 6.07) is 16.7. The molecular formula is C26H21N2NaO6S. The molecule has 0 spiro atoms. The monoisotopic (exact) mass is 512 g/mol. The molecule has 8 nitrogen and oxygen atoms in total. The van der Waals surface area contributed by atoms with E-state index in [9.17, 15) is 14.7 Å². The Morgan fingerprint density at radius 1 is 0.833 bits per heavy atom. The van der Waals surface area contributed by atoms with E-state index in [0.717, 1.165) is 11.7 Å². The van der Waals surface area contributed by atoms with Crippen LogP contribution in [0.5, 0.6) is 17.2 Å². The van der Waals surface area contributed by atoms with Crippen LogP contribution in [0, 0.1) is 0 Å². The van der Waals surface area contributed by atoms with Crippen LogP contribution in [-0.2, 0) is 11.2 Å². The summed E-state index contributed by atoms with van der Waals surface area (Å²) in [5, 5.41) is 12.5. The van der Waals surface area contributed by atoms with Crippen LogP contribution in [0.15, 0.2) is 66.2 Å². The van der Waals surface area contributed by atoms with Gasteiger partial charge in [0.2, 0.25) is 5.75 Å². The van der Waals surface area contributed by atoms with Crippen LogP contribution in [0.1, 0.15) is 21.5 Å². The molecule has 3 aromatic carbocycles. The van der Waals surface area contributed by atoms with Gasteiger partial charge < -0.3 is 24.1 Å². The molecule has 0 atom stereocenters. The van der Waals surface area contributed by atoms with Crippen molar-refractivity contribution < 1.29 is 58.5 Å². The van der Waals surface area contributed by atoms with Gasteiger partial charge in [-0.3, -0.25) is 4.79 Å². The molecule has 0 fully saturated rings. The SMILES string of the molecule is COc1cc(CC(C(=O)c2ccccc2)=C(C(=O)[O-])c2ccc3nsnc3c2)cc(OC)c1OC.[Na+]. The summed E-state index contributed by atoms with van der Waals surface area (Å²) < 4.78 is 24.6. The number of nitrogens with zero attached hydrogens (tertiary/aromatic N) is 2. The van der Waals surface area contributed by atoms with Crippen molar-refractivity contribution >= 4 is 40.1 Å². The first-order valence-electron chi connectivity index (χ1n) is 10.5. The van der Waals surface area contributed by atoms with Crippen LogP contribution >= 0.6 is 11.7 Å². The molecule has 0 unspecified atom stereocenters. The van der Waals surface area contributed by atoms with Gasteiger partial charge in [0.1, 0.15) is 11.0 Å². The quantitative estimate of drug-likeness (QED) is 0.180. The number of methoxy groups -OCH3 is 3. The summed E-state index contributed by atoms with van der Waals surface area (Å²) in [7, 11) is 4.45. The number of fused-ring (bicyclic) bond motifs is 1.